The highest BCUT2D eigenvalue weighted by Crippen LogP contribution is 2.38. The molecule has 1 fully saturated rings. The molecule has 1 aliphatic heterocycles. The van der Waals surface area contributed by atoms with Crippen LogP contribution in [0.4, 0.5) is 24.5 Å². The van der Waals surface area contributed by atoms with Gasteiger partial charge in [-0.1, -0.05) is 17.9 Å². The third-order valence-electron chi connectivity index (χ3n) is 6.97. The second kappa shape index (κ2) is 10.5. The SMILES string of the molecule is Cc1ccc(C(=O)Nc2ccc(N3CCN(C)CC3)c(C(F)(F)F)c2)cc1C#Cc1ccc2c(c1)ncn2C. The number of fused-ring (bicyclic) bond motifs is 1. The highest BCUT2D eigenvalue weighted by Gasteiger charge is 2.36. The molecule has 0 bridgehead atoms. The number of nitrogens with zero attached hydrogens (tertiary/aromatic N) is 4. The summed E-state index contributed by atoms with van der Waals surface area (Å²) in [5, 5.41) is 2.63. The van der Waals surface area contributed by atoms with Gasteiger partial charge in [0, 0.05) is 61.3 Å². The number of carbonyl (C=O) groups excluding carboxylic acids is 1. The number of alkyl halides is 3. The van der Waals surface area contributed by atoms with Crippen LogP contribution in [0.3, 0.4) is 0 Å². The molecule has 9 heteroatoms. The summed E-state index contributed by atoms with van der Waals surface area (Å²) in [6.07, 6.45) is -2.81. The number of nitrogens with one attached hydrogen (secondary N) is 1. The van der Waals surface area contributed by atoms with E-state index in [0.717, 1.165) is 28.2 Å². The van der Waals surface area contributed by atoms with Crippen molar-refractivity contribution in [3.8, 4) is 11.8 Å². The van der Waals surface area contributed by atoms with Crippen molar-refractivity contribution >= 4 is 28.3 Å². The summed E-state index contributed by atoms with van der Waals surface area (Å²) in [6.45, 7) is 4.28. The molecule has 1 N–H and O–H groups in total. The van der Waals surface area contributed by atoms with Gasteiger partial charge < -0.3 is 19.7 Å². The zero-order chi connectivity index (χ0) is 27.7. The molecule has 0 radical (unpaired) electrons. The number of likely N-dealkylation sites (N-methyl/N-ethyl adjacent to an activating group) is 1. The molecular formula is C30H28F3N5O. The molecule has 0 saturated carbocycles. The highest BCUT2D eigenvalue weighted by atomic mass is 19.4. The lowest BCUT2D eigenvalue weighted by Gasteiger charge is -2.35. The van der Waals surface area contributed by atoms with Gasteiger partial charge in [-0.15, -0.1) is 0 Å². The van der Waals surface area contributed by atoms with Crippen LogP contribution in [0.1, 0.15) is 32.6 Å². The summed E-state index contributed by atoms with van der Waals surface area (Å²) in [5.74, 6) is 5.73. The number of halogens is 3. The topological polar surface area (TPSA) is 53.4 Å². The van der Waals surface area contributed by atoms with Gasteiger partial charge in [-0.05, 0) is 68.1 Å². The molecule has 1 amide bonds. The maximum absolute atomic E-state index is 14.0. The molecule has 0 unspecified atom stereocenters. The number of aromatic nitrogens is 2. The first-order valence-corrected chi connectivity index (χ1v) is 12.6. The third-order valence-corrected chi connectivity index (χ3v) is 6.97. The van der Waals surface area contributed by atoms with E-state index < -0.39 is 17.6 Å². The zero-order valence-electron chi connectivity index (χ0n) is 21.9. The Labute approximate surface area is 225 Å². The van der Waals surface area contributed by atoms with Gasteiger partial charge in [0.15, 0.2) is 0 Å². The van der Waals surface area contributed by atoms with Crippen LogP contribution >= 0.6 is 0 Å². The second-order valence-corrected chi connectivity index (χ2v) is 9.81. The average Bonchev–Trinajstić information content (AvgIpc) is 3.28. The lowest BCUT2D eigenvalue weighted by molar-refractivity contribution is -0.137. The number of piperazine rings is 1. The fraction of sp³-hybridized carbons (Fsp3) is 0.267. The van der Waals surface area contributed by atoms with Crippen LogP contribution in [-0.4, -0.2) is 53.6 Å². The van der Waals surface area contributed by atoms with E-state index in [9.17, 15) is 18.0 Å². The fourth-order valence-corrected chi connectivity index (χ4v) is 4.62. The molecule has 0 aliphatic carbocycles. The maximum Gasteiger partial charge on any atom is 0.418 e. The number of aryl methyl sites for hydroxylation is 2. The van der Waals surface area contributed by atoms with E-state index in [-0.39, 0.29) is 11.4 Å². The molecule has 39 heavy (non-hydrogen) atoms. The minimum absolute atomic E-state index is 0.0853. The molecule has 2 heterocycles. The first-order valence-electron chi connectivity index (χ1n) is 12.6. The van der Waals surface area contributed by atoms with Crippen molar-refractivity contribution in [2.75, 3.05) is 43.4 Å². The average molecular weight is 532 g/mol. The lowest BCUT2D eigenvalue weighted by Crippen LogP contribution is -2.45. The van der Waals surface area contributed by atoms with E-state index >= 15 is 0 Å². The van der Waals surface area contributed by atoms with E-state index in [1.807, 2.05) is 43.8 Å². The molecule has 3 aromatic carbocycles. The van der Waals surface area contributed by atoms with Crippen LogP contribution in [0.2, 0.25) is 0 Å². The van der Waals surface area contributed by atoms with Crippen molar-refractivity contribution in [2.45, 2.75) is 13.1 Å². The monoisotopic (exact) mass is 531 g/mol. The van der Waals surface area contributed by atoms with Gasteiger partial charge in [-0.2, -0.15) is 13.2 Å². The summed E-state index contributed by atoms with van der Waals surface area (Å²) in [4.78, 5) is 21.2. The second-order valence-electron chi connectivity index (χ2n) is 9.81. The van der Waals surface area contributed by atoms with Gasteiger partial charge in [0.25, 0.3) is 5.91 Å². The van der Waals surface area contributed by atoms with Crippen LogP contribution in [0.5, 0.6) is 0 Å². The smallest absolute Gasteiger partial charge is 0.368 e. The number of benzene rings is 3. The Bertz CT molecular complexity index is 1600. The van der Waals surface area contributed by atoms with E-state index in [4.69, 9.17) is 0 Å². The van der Waals surface area contributed by atoms with Gasteiger partial charge in [-0.3, -0.25) is 4.79 Å². The summed E-state index contributed by atoms with van der Waals surface area (Å²) in [5.41, 5.74) is 3.93. The molecule has 1 aliphatic rings. The van der Waals surface area contributed by atoms with Gasteiger partial charge in [0.1, 0.15) is 0 Å². The molecule has 200 valence electrons. The molecule has 0 spiro atoms. The number of amides is 1. The first-order chi connectivity index (χ1) is 18.6. The number of imidazole rings is 1. The number of anilines is 2. The van der Waals surface area contributed by atoms with Crippen LogP contribution in [0, 0.1) is 18.8 Å². The van der Waals surface area contributed by atoms with Crippen LogP contribution in [0.15, 0.2) is 60.9 Å². The van der Waals surface area contributed by atoms with E-state index in [1.54, 1.807) is 29.4 Å². The zero-order valence-corrected chi connectivity index (χ0v) is 21.9. The van der Waals surface area contributed by atoms with Crippen LogP contribution < -0.4 is 10.2 Å². The van der Waals surface area contributed by atoms with Crippen molar-refractivity contribution in [3.05, 3.63) is 88.7 Å². The molecular weight excluding hydrogens is 503 g/mol. The first kappa shape index (κ1) is 26.3. The Morgan fingerprint density at radius 1 is 0.949 bits per heavy atom. The predicted molar refractivity (Wildman–Crippen MR) is 147 cm³/mol. The number of hydrogen-bond donors (Lipinski definition) is 1. The van der Waals surface area contributed by atoms with E-state index in [1.165, 1.54) is 12.1 Å². The largest absolute Gasteiger partial charge is 0.418 e. The van der Waals surface area contributed by atoms with Gasteiger partial charge in [0.05, 0.1) is 22.9 Å². The standard InChI is InChI=1S/C30H28F3N5O/c1-20-4-7-23(17-22(20)8-5-21-6-10-28-26(16-21)34-19-37(28)3)29(39)35-24-9-11-27(25(18-24)30(31,32)33)38-14-12-36(2)13-15-38/h4,6-7,9-11,16-19H,12-15H2,1-3H3,(H,35,39). The Morgan fingerprint density at radius 2 is 1.72 bits per heavy atom. The Morgan fingerprint density at radius 3 is 2.46 bits per heavy atom. The van der Waals surface area contributed by atoms with Crippen molar-refractivity contribution in [1.29, 1.82) is 0 Å². The summed E-state index contributed by atoms with van der Waals surface area (Å²) in [7, 11) is 3.87. The van der Waals surface area contributed by atoms with Crippen molar-refractivity contribution in [3.63, 3.8) is 0 Å². The molecule has 0 atom stereocenters. The summed E-state index contributed by atoms with van der Waals surface area (Å²) >= 11 is 0. The normalized spacial score (nSPS) is 14.3. The lowest BCUT2D eigenvalue weighted by atomic mass is 10.0. The van der Waals surface area contributed by atoms with Crippen molar-refractivity contribution in [2.24, 2.45) is 7.05 Å². The van der Waals surface area contributed by atoms with E-state index in [0.29, 0.717) is 37.3 Å². The number of carbonyl (C=O) groups is 1. The van der Waals surface area contributed by atoms with Crippen molar-refractivity contribution in [1.82, 2.24) is 14.5 Å². The molecule has 4 aromatic rings. The number of rotatable bonds is 3. The Balaban J connectivity index is 1.37. The van der Waals surface area contributed by atoms with Crippen LogP contribution in [-0.2, 0) is 13.2 Å². The van der Waals surface area contributed by atoms with Gasteiger partial charge in [0.2, 0.25) is 0 Å². The third kappa shape index (κ3) is 5.76. The maximum atomic E-state index is 14.0. The number of hydrogen-bond acceptors (Lipinski definition) is 4. The van der Waals surface area contributed by atoms with Gasteiger partial charge in [-0.25, -0.2) is 4.98 Å². The fourth-order valence-electron chi connectivity index (χ4n) is 4.62. The molecule has 5 rings (SSSR count). The van der Waals surface area contributed by atoms with E-state index in [2.05, 4.69) is 27.0 Å². The highest BCUT2D eigenvalue weighted by molar-refractivity contribution is 6.04. The van der Waals surface area contributed by atoms with Crippen LogP contribution in [0.25, 0.3) is 11.0 Å². The molecule has 1 aromatic heterocycles. The minimum atomic E-state index is -4.55. The molecule has 1 saturated heterocycles. The Kier molecular flexibility index (Phi) is 7.06. The minimum Gasteiger partial charge on any atom is -0.368 e. The quantitative estimate of drug-likeness (QED) is 0.365. The molecule has 6 nitrogen and oxygen atoms in total. The predicted octanol–water partition coefficient (Wildman–Crippen LogP) is 5.30. The summed E-state index contributed by atoms with van der Waals surface area (Å²) < 4.78 is 43.8. The van der Waals surface area contributed by atoms with Gasteiger partial charge >= 0.3 is 6.18 Å². The Hall–Kier alpha value is -4.29. The summed E-state index contributed by atoms with van der Waals surface area (Å²) in [6, 6.07) is 14.8. The van der Waals surface area contributed by atoms with Crippen molar-refractivity contribution < 1.29 is 18.0 Å².